The van der Waals surface area contributed by atoms with Crippen LogP contribution in [0.5, 0.6) is 17.2 Å². The summed E-state index contributed by atoms with van der Waals surface area (Å²) in [6.45, 7) is 1.78. The van der Waals surface area contributed by atoms with Crippen LogP contribution in [0, 0.1) is 6.92 Å². The van der Waals surface area contributed by atoms with Crippen LogP contribution >= 0.6 is 0 Å². The molecule has 21 heavy (non-hydrogen) atoms. The number of aryl methyl sites for hydroxylation is 1. The minimum Gasteiger partial charge on any atom is -0.504 e. The summed E-state index contributed by atoms with van der Waals surface area (Å²) in [7, 11) is 1.43. The minimum absolute atomic E-state index is 0.0618. The first kappa shape index (κ1) is 13.2. The quantitative estimate of drug-likeness (QED) is 0.669. The van der Waals surface area contributed by atoms with Gasteiger partial charge < -0.3 is 14.9 Å². The zero-order valence-electron chi connectivity index (χ0n) is 11.4. The Bertz CT molecular complexity index is 805. The SMILES string of the molecule is COc1c(C)ccc2c1C(=O)c1cc(O)c(O)cc1C2=O. The summed E-state index contributed by atoms with van der Waals surface area (Å²) in [5.74, 6) is -1.31. The maximum Gasteiger partial charge on any atom is 0.198 e. The molecule has 0 fully saturated rings. The molecule has 3 rings (SSSR count). The van der Waals surface area contributed by atoms with E-state index in [9.17, 15) is 19.8 Å². The van der Waals surface area contributed by atoms with Crippen molar-refractivity contribution in [3.8, 4) is 17.2 Å². The highest BCUT2D eigenvalue weighted by molar-refractivity contribution is 6.29. The van der Waals surface area contributed by atoms with E-state index in [4.69, 9.17) is 4.74 Å². The van der Waals surface area contributed by atoms with E-state index in [2.05, 4.69) is 0 Å². The highest BCUT2D eigenvalue weighted by Crippen LogP contribution is 2.38. The molecule has 0 bridgehead atoms. The molecular weight excluding hydrogens is 272 g/mol. The lowest BCUT2D eigenvalue weighted by atomic mass is 9.82. The van der Waals surface area contributed by atoms with Crippen molar-refractivity contribution in [3.63, 3.8) is 0 Å². The number of ketones is 2. The second-order valence-corrected chi connectivity index (χ2v) is 4.88. The van der Waals surface area contributed by atoms with E-state index in [1.54, 1.807) is 19.1 Å². The van der Waals surface area contributed by atoms with E-state index < -0.39 is 17.3 Å². The van der Waals surface area contributed by atoms with Crippen LogP contribution in [-0.4, -0.2) is 28.9 Å². The van der Waals surface area contributed by atoms with Crippen molar-refractivity contribution in [1.82, 2.24) is 0 Å². The maximum atomic E-state index is 12.6. The molecule has 0 atom stereocenters. The highest BCUT2D eigenvalue weighted by Gasteiger charge is 2.34. The average molecular weight is 284 g/mol. The van der Waals surface area contributed by atoms with Crippen LogP contribution in [0.2, 0.25) is 0 Å². The molecule has 0 heterocycles. The summed E-state index contributed by atoms with van der Waals surface area (Å²) in [5, 5.41) is 19.1. The lowest BCUT2D eigenvalue weighted by Crippen LogP contribution is -2.22. The molecule has 2 N–H and O–H groups in total. The summed E-state index contributed by atoms with van der Waals surface area (Å²) >= 11 is 0. The predicted molar refractivity (Wildman–Crippen MR) is 74.4 cm³/mol. The summed E-state index contributed by atoms with van der Waals surface area (Å²) in [4.78, 5) is 25.1. The van der Waals surface area contributed by atoms with Crippen molar-refractivity contribution in [2.45, 2.75) is 6.92 Å². The zero-order valence-corrected chi connectivity index (χ0v) is 11.4. The Labute approximate surface area is 120 Å². The Kier molecular flexibility index (Phi) is 2.73. The third-order valence-electron chi connectivity index (χ3n) is 3.63. The number of phenolic OH excluding ortho intramolecular Hbond substituents is 2. The summed E-state index contributed by atoms with van der Waals surface area (Å²) in [5.41, 5.74) is 1.31. The lowest BCUT2D eigenvalue weighted by Gasteiger charge is -2.21. The van der Waals surface area contributed by atoms with E-state index in [0.29, 0.717) is 5.75 Å². The van der Waals surface area contributed by atoms with Gasteiger partial charge in [-0.05, 0) is 30.7 Å². The largest absolute Gasteiger partial charge is 0.504 e. The Balaban J connectivity index is 2.36. The van der Waals surface area contributed by atoms with Crippen molar-refractivity contribution in [1.29, 1.82) is 0 Å². The first-order chi connectivity index (χ1) is 9.95. The van der Waals surface area contributed by atoms with Gasteiger partial charge in [-0.3, -0.25) is 9.59 Å². The summed E-state index contributed by atoms with van der Waals surface area (Å²) in [6, 6.07) is 5.49. The second-order valence-electron chi connectivity index (χ2n) is 4.88. The molecule has 0 aromatic heterocycles. The Morgan fingerprint density at radius 2 is 1.48 bits per heavy atom. The summed E-state index contributed by atoms with van der Waals surface area (Å²) in [6.07, 6.45) is 0. The smallest absolute Gasteiger partial charge is 0.198 e. The zero-order chi connectivity index (χ0) is 15.3. The molecule has 5 heteroatoms. The van der Waals surface area contributed by atoms with Crippen LogP contribution in [-0.2, 0) is 0 Å². The summed E-state index contributed by atoms with van der Waals surface area (Å²) < 4.78 is 5.25. The lowest BCUT2D eigenvalue weighted by molar-refractivity contribution is 0.0976. The van der Waals surface area contributed by atoms with Gasteiger partial charge in [0.05, 0.1) is 12.7 Å². The van der Waals surface area contributed by atoms with Crippen molar-refractivity contribution in [3.05, 3.63) is 52.1 Å². The molecule has 0 saturated heterocycles. The third kappa shape index (κ3) is 1.71. The monoisotopic (exact) mass is 284 g/mol. The number of carbonyl (C=O) groups excluding carboxylic acids is 2. The highest BCUT2D eigenvalue weighted by atomic mass is 16.5. The number of carbonyl (C=O) groups is 2. The molecule has 1 aliphatic rings. The normalized spacial score (nSPS) is 12.9. The van der Waals surface area contributed by atoms with Crippen molar-refractivity contribution in [2.24, 2.45) is 0 Å². The van der Waals surface area contributed by atoms with E-state index in [1.165, 1.54) is 7.11 Å². The fourth-order valence-corrected chi connectivity index (χ4v) is 2.60. The van der Waals surface area contributed by atoms with Crippen LogP contribution in [0.4, 0.5) is 0 Å². The Hall–Kier alpha value is -2.82. The van der Waals surface area contributed by atoms with Crippen LogP contribution in [0.1, 0.15) is 37.4 Å². The van der Waals surface area contributed by atoms with Gasteiger partial charge in [0.15, 0.2) is 23.1 Å². The molecule has 0 unspecified atom stereocenters. The molecule has 1 aliphatic carbocycles. The topological polar surface area (TPSA) is 83.8 Å². The van der Waals surface area contributed by atoms with E-state index >= 15 is 0 Å². The molecule has 0 radical (unpaired) electrons. The fraction of sp³-hybridized carbons (Fsp3) is 0.125. The number of hydrogen-bond donors (Lipinski definition) is 2. The molecule has 2 aromatic rings. The standard InChI is InChI=1S/C16H12O5/c1-7-3-4-8-13(16(7)21-2)15(20)10-6-12(18)11(17)5-9(10)14(8)19/h3-6,17-18H,1-2H3. The van der Waals surface area contributed by atoms with E-state index in [0.717, 1.165) is 17.7 Å². The van der Waals surface area contributed by atoms with E-state index in [-0.39, 0.29) is 28.0 Å². The van der Waals surface area contributed by atoms with Gasteiger partial charge in [-0.25, -0.2) is 0 Å². The molecular formula is C16H12O5. The molecule has 0 spiro atoms. The Morgan fingerprint density at radius 3 is 2.05 bits per heavy atom. The molecule has 0 aliphatic heterocycles. The van der Waals surface area contributed by atoms with E-state index in [1.807, 2.05) is 0 Å². The molecule has 106 valence electrons. The second kappa shape index (κ2) is 4.34. The van der Waals surface area contributed by atoms with Gasteiger partial charge >= 0.3 is 0 Å². The predicted octanol–water partition coefficient (Wildman–Crippen LogP) is 2.19. The number of rotatable bonds is 1. The number of benzene rings is 2. The number of methoxy groups -OCH3 is 1. The van der Waals surface area contributed by atoms with Gasteiger partial charge in [0, 0.05) is 16.7 Å². The van der Waals surface area contributed by atoms with Crippen LogP contribution < -0.4 is 4.74 Å². The van der Waals surface area contributed by atoms with Crippen LogP contribution in [0.25, 0.3) is 0 Å². The average Bonchev–Trinajstić information content (AvgIpc) is 2.46. The molecule has 2 aromatic carbocycles. The fourth-order valence-electron chi connectivity index (χ4n) is 2.60. The number of aromatic hydroxyl groups is 2. The Morgan fingerprint density at radius 1 is 0.905 bits per heavy atom. The van der Waals surface area contributed by atoms with Gasteiger partial charge in [0.1, 0.15) is 5.75 Å². The third-order valence-corrected chi connectivity index (χ3v) is 3.63. The van der Waals surface area contributed by atoms with Gasteiger partial charge in [-0.2, -0.15) is 0 Å². The molecule has 5 nitrogen and oxygen atoms in total. The number of phenols is 2. The van der Waals surface area contributed by atoms with Crippen molar-refractivity contribution in [2.75, 3.05) is 7.11 Å². The first-order valence-electron chi connectivity index (χ1n) is 6.28. The minimum atomic E-state index is -0.440. The van der Waals surface area contributed by atoms with Crippen LogP contribution in [0.15, 0.2) is 24.3 Å². The number of hydrogen-bond acceptors (Lipinski definition) is 5. The van der Waals surface area contributed by atoms with Crippen LogP contribution in [0.3, 0.4) is 0 Å². The van der Waals surface area contributed by atoms with Crippen molar-refractivity contribution < 1.29 is 24.5 Å². The molecule has 0 amide bonds. The molecule has 0 saturated carbocycles. The number of fused-ring (bicyclic) bond motifs is 2. The van der Waals surface area contributed by atoms with Gasteiger partial charge in [0.25, 0.3) is 0 Å². The first-order valence-corrected chi connectivity index (χ1v) is 6.28. The number of ether oxygens (including phenoxy) is 1. The van der Waals surface area contributed by atoms with Gasteiger partial charge in [-0.15, -0.1) is 0 Å². The van der Waals surface area contributed by atoms with Crippen molar-refractivity contribution >= 4 is 11.6 Å². The van der Waals surface area contributed by atoms with Gasteiger partial charge in [-0.1, -0.05) is 6.07 Å². The maximum absolute atomic E-state index is 12.6. The van der Waals surface area contributed by atoms with Gasteiger partial charge in [0.2, 0.25) is 0 Å².